The first-order valence-corrected chi connectivity index (χ1v) is 7.08. The second-order valence-electron chi connectivity index (χ2n) is 5.43. The number of nitrogens with two attached hydrogens (primary N) is 1. The van der Waals surface area contributed by atoms with Gasteiger partial charge in [-0.15, -0.1) is 0 Å². The average Bonchev–Trinajstić information content (AvgIpc) is 2.46. The second-order valence-corrected chi connectivity index (χ2v) is 5.43. The van der Waals surface area contributed by atoms with Crippen LogP contribution in [-0.2, 0) is 5.79 Å². The largest absolute Gasteiger partial charge is 0.368 e. The number of fused-ring (bicyclic) bond motifs is 1. The number of nitrogens with zero attached hydrogens (tertiary/aromatic N) is 4. The predicted molar refractivity (Wildman–Crippen MR) is 82.4 cm³/mol. The molecule has 0 saturated heterocycles. The van der Waals surface area contributed by atoms with Crippen LogP contribution in [0.5, 0.6) is 0 Å². The summed E-state index contributed by atoms with van der Waals surface area (Å²) in [4.78, 5) is 16.4. The van der Waals surface area contributed by atoms with E-state index in [4.69, 9.17) is 5.73 Å². The van der Waals surface area contributed by atoms with Gasteiger partial charge in [-0.3, -0.25) is 0 Å². The molecule has 0 fully saturated rings. The molecule has 9 heteroatoms. The summed E-state index contributed by atoms with van der Waals surface area (Å²) in [6.07, 6.45) is 1.35. The molecule has 0 unspecified atom stereocenters. The molecule has 0 bridgehead atoms. The predicted octanol–water partition coefficient (Wildman–Crippen LogP) is 0.122. The number of hydrogen-bond donors (Lipinski definition) is 5. The fraction of sp³-hybridized carbons (Fsp3) is 0.538. The molecule has 2 heterocycles. The molecule has 120 valence electrons. The number of nitrogens with one attached hydrogen (secondary N) is 2. The average molecular weight is 307 g/mol. The smallest absolute Gasteiger partial charge is 0.224 e. The quantitative estimate of drug-likeness (QED) is 0.371. The highest BCUT2D eigenvalue weighted by molar-refractivity contribution is 5.83. The van der Waals surface area contributed by atoms with Gasteiger partial charge < -0.3 is 21.4 Å². The van der Waals surface area contributed by atoms with Gasteiger partial charge in [0.1, 0.15) is 5.69 Å². The van der Waals surface area contributed by atoms with E-state index in [1.807, 2.05) is 0 Å². The van der Waals surface area contributed by atoms with Crippen molar-refractivity contribution >= 4 is 22.9 Å². The monoisotopic (exact) mass is 307 g/mol. The summed E-state index contributed by atoms with van der Waals surface area (Å²) in [5.41, 5.74) is 12.2. The fourth-order valence-electron chi connectivity index (χ4n) is 1.72. The fourth-order valence-corrected chi connectivity index (χ4v) is 1.72. The Labute approximate surface area is 128 Å². The molecule has 0 aromatic carbocycles. The molecule has 0 saturated carbocycles. The molecule has 6 N–H and O–H groups in total. The molecular weight excluding hydrogens is 286 g/mol. The summed E-state index contributed by atoms with van der Waals surface area (Å²) < 4.78 is 0. The van der Waals surface area contributed by atoms with Crippen molar-refractivity contribution in [2.75, 3.05) is 17.7 Å². The molecule has 2 rings (SSSR count). The zero-order valence-electron chi connectivity index (χ0n) is 12.8. The first-order chi connectivity index (χ1) is 10.3. The van der Waals surface area contributed by atoms with Crippen LogP contribution in [0.25, 0.3) is 11.2 Å². The van der Waals surface area contributed by atoms with Crippen LogP contribution >= 0.6 is 0 Å². The van der Waals surface area contributed by atoms with Gasteiger partial charge in [0.05, 0.1) is 6.20 Å². The Morgan fingerprint density at radius 3 is 2.64 bits per heavy atom. The Kier molecular flexibility index (Phi) is 4.69. The van der Waals surface area contributed by atoms with Crippen LogP contribution in [-0.4, -0.2) is 36.7 Å². The van der Waals surface area contributed by atoms with E-state index in [0.29, 0.717) is 23.8 Å². The maximum Gasteiger partial charge on any atom is 0.224 e. The zero-order valence-corrected chi connectivity index (χ0v) is 12.8. The number of aromatic nitrogens is 4. The van der Waals surface area contributed by atoms with Gasteiger partial charge in [0.25, 0.3) is 0 Å². The van der Waals surface area contributed by atoms with Crippen LogP contribution in [0, 0.1) is 5.92 Å². The van der Waals surface area contributed by atoms with Gasteiger partial charge in [-0.1, -0.05) is 20.8 Å². The van der Waals surface area contributed by atoms with Crippen molar-refractivity contribution in [3.05, 3.63) is 11.9 Å². The lowest BCUT2D eigenvalue weighted by Crippen LogP contribution is -2.28. The Balaban J connectivity index is 2.42. The van der Waals surface area contributed by atoms with Crippen LogP contribution < -0.4 is 16.6 Å². The highest BCUT2D eigenvalue weighted by Gasteiger charge is 2.26. The van der Waals surface area contributed by atoms with E-state index >= 15 is 0 Å². The second kappa shape index (κ2) is 6.34. The minimum absolute atomic E-state index is 0.0304. The van der Waals surface area contributed by atoms with Crippen LogP contribution in [0.3, 0.4) is 0 Å². The summed E-state index contributed by atoms with van der Waals surface area (Å²) in [7, 11) is 0. The van der Waals surface area contributed by atoms with Gasteiger partial charge in [-0.25, -0.2) is 15.4 Å². The number of hydrazine groups is 1. The normalized spacial score (nSPS) is 12.1. The lowest BCUT2D eigenvalue weighted by molar-refractivity contribution is -0.174. The molecule has 0 aliphatic rings. The van der Waals surface area contributed by atoms with E-state index < -0.39 is 5.79 Å². The van der Waals surface area contributed by atoms with Gasteiger partial charge in [-0.2, -0.15) is 9.97 Å². The van der Waals surface area contributed by atoms with Crippen LogP contribution in [0.1, 0.15) is 32.9 Å². The molecular formula is C13H21N7O2. The number of anilines is 2. The molecule has 0 spiro atoms. The first kappa shape index (κ1) is 16.3. The van der Waals surface area contributed by atoms with E-state index in [2.05, 4.69) is 44.6 Å². The van der Waals surface area contributed by atoms with Crippen molar-refractivity contribution < 1.29 is 10.2 Å². The number of hydrogen-bond acceptors (Lipinski definition) is 9. The van der Waals surface area contributed by atoms with Crippen molar-refractivity contribution in [2.24, 2.45) is 5.92 Å². The molecule has 2 aromatic rings. The number of nitrogen functional groups attached to an aromatic ring is 1. The summed E-state index contributed by atoms with van der Waals surface area (Å²) in [5.74, 6) is -1.23. The summed E-state index contributed by atoms with van der Waals surface area (Å²) >= 11 is 0. The summed E-state index contributed by atoms with van der Waals surface area (Å²) in [6, 6.07) is 0. The lowest BCUT2D eigenvalue weighted by Gasteiger charge is -2.19. The Morgan fingerprint density at radius 1 is 1.27 bits per heavy atom. The standard InChI is InChI=1S/C13H21N7O2/c1-4-13(21,22)8-6-15-10-9(17-8)11(19-12(14)18-10)20-16-5-7(2)3/h6-7,16,21-22H,4-5H2,1-3H3,(H3,14,15,18,19,20). The van der Waals surface area contributed by atoms with Gasteiger partial charge in [0.2, 0.25) is 11.7 Å². The van der Waals surface area contributed by atoms with Gasteiger partial charge in [0.15, 0.2) is 17.0 Å². The van der Waals surface area contributed by atoms with Crippen LogP contribution in [0.4, 0.5) is 11.8 Å². The van der Waals surface area contributed by atoms with Crippen LogP contribution in [0.2, 0.25) is 0 Å². The number of aliphatic hydroxyl groups is 2. The minimum Gasteiger partial charge on any atom is -0.368 e. The first-order valence-electron chi connectivity index (χ1n) is 7.08. The molecule has 22 heavy (non-hydrogen) atoms. The van der Waals surface area contributed by atoms with Crippen molar-refractivity contribution in [2.45, 2.75) is 33.0 Å². The zero-order chi connectivity index (χ0) is 16.3. The Morgan fingerprint density at radius 2 is 2.00 bits per heavy atom. The SMILES string of the molecule is CCC(O)(O)c1cnc2nc(N)nc(NNCC(C)C)c2n1. The van der Waals surface area contributed by atoms with Crippen LogP contribution in [0.15, 0.2) is 6.20 Å². The highest BCUT2D eigenvalue weighted by atomic mass is 16.5. The molecule has 0 atom stereocenters. The van der Waals surface area contributed by atoms with Crippen molar-refractivity contribution in [3.8, 4) is 0 Å². The molecule has 0 aliphatic heterocycles. The molecule has 0 radical (unpaired) electrons. The van der Waals surface area contributed by atoms with E-state index in [9.17, 15) is 10.2 Å². The molecule has 2 aromatic heterocycles. The third-order valence-corrected chi connectivity index (χ3v) is 3.04. The van der Waals surface area contributed by atoms with E-state index in [1.54, 1.807) is 6.92 Å². The van der Waals surface area contributed by atoms with E-state index in [0.717, 1.165) is 0 Å². The highest BCUT2D eigenvalue weighted by Crippen LogP contribution is 2.23. The summed E-state index contributed by atoms with van der Waals surface area (Å²) in [6.45, 7) is 6.46. The minimum atomic E-state index is -2.05. The third kappa shape index (κ3) is 3.56. The molecule has 0 amide bonds. The lowest BCUT2D eigenvalue weighted by atomic mass is 10.1. The van der Waals surface area contributed by atoms with E-state index in [1.165, 1.54) is 6.20 Å². The van der Waals surface area contributed by atoms with Crippen molar-refractivity contribution in [1.82, 2.24) is 25.4 Å². The van der Waals surface area contributed by atoms with Crippen molar-refractivity contribution in [1.29, 1.82) is 0 Å². The summed E-state index contributed by atoms with van der Waals surface area (Å²) in [5, 5.41) is 19.8. The third-order valence-electron chi connectivity index (χ3n) is 3.04. The van der Waals surface area contributed by atoms with Gasteiger partial charge in [-0.05, 0) is 5.92 Å². The Bertz CT molecular complexity index is 660. The maximum atomic E-state index is 9.90. The van der Waals surface area contributed by atoms with Crippen molar-refractivity contribution in [3.63, 3.8) is 0 Å². The number of rotatable bonds is 6. The maximum absolute atomic E-state index is 9.90. The molecule has 0 aliphatic carbocycles. The van der Waals surface area contributed by atoms with Gasteiger partial charge >= 0.3 is 0 Å². The topological polar surface area (TPSA) is 142 Å². The Hall–Kier alpha value is -2.10. The molecule has 9 nitrogen and oxygen atoms in total. The van der Waals surface area contributed by atoms with E-state index in [-0.39, 0.29) is 23.7 Å². The van der Waals surface area contributed by atoms with Gasteiger partial charge in [0, 0.05) is 13.0 Å².